The Kier molecular flexibility index (Phi) is 7.74. The highest BCUT2D eigenvalue weighted by Gasteiger charge is 2.48. The van der Waals surface area contributed by atoms with Gasteiger partial charge in [-0.1, -0.05) is 24.3 Å². The Morgan fingerprint density at radius 2 is 1.52 bits per heavy atom. The van der Waals surface area contributed by atoms with Crippen molar-refractivity contribution in [2.75, 3.05) is 7.11 Å². The minimum atomic E-state index is -1.15. The van der Waals surface area contributed by atoms with Crippen LogP contribution in [-0.2, 0) is 24.2 Å². The number of methoxy groups -OCH3 is 1. The number of Topliss-reactive ketones (excluding diaryl/α,β-unsaturated/α-hetero) is 1. The zero-order chi connectivity index (χ0) is 28.0. The van der Waals surface area contributed by atoms with Crippen molar-refractivity contribution in [1.29, 1.82) is 5.26 Å². The summed E-state index contributed by atoms with van der Waals surface area (Å²) in [6.07, 6.45) is 7.42. The van der Waals surface area contributed by atoms with Crippen molar-refractivity contribution >= 4 is 17.5 Å². The number of amidine groups is 1. The van der Waals surface area contributed by atoms with Crippen molar-refractivity contribution in [3.05, 3.63) is 125 Å². The number of carbonyl (C=O) groups excluding carboxylic acids is 2. The summed E-state index contributed by atoms with van der Waals surface area (Å²) in [7, 11) is 1.59. The molecule has 0 saturated heterocycles. The van der Waals surface area contributed by atoms with Gasteiger partial charge in [0, 0.05) is 43.2 Å². The summed E-state index contributed by atoms with van der Waals surface area (Å²) in [4.78, 5) is 42.7. The van der Waals surface area contributed by atoms with Gasteiger partial charge in [0.2, 0.25) is 0 Å². The van der Waals surface area contributed by atoms with Gasteiger partial charge in [-0.15, -0.1) is 0 Å². The maximum Gasteiger partial charge on any atom is 0.256 e. The van der Waals surface area contributed by atoms with Crippen LogP contribution in [0.2, 0.25) is 0 Å². The molecule has 8 nitrogen and oxygen atoms in total. The molecule has 0 atom stereocenters. The third kappa shape index (κ3) is 5.79. The van der Waals surface area contributed by atoms with Crippen LogP contribution in [0.4, 0.5) is 0 Å². The lowest BCUT2D eigenvalue weighted by Gasteiger charge is -2.27. The molecular weight excluding hydrogens is 502 g/mol. The summed E-state index contributed by atoms with van der Waals surface area (Å²) >= 11 is 0. The van der Waals surface area contributed by atoms with Gasteiger partial charge in [0.1, 0.15) is 17.1 Å². The summed E-state index contributed by atoms with van der Waals surface area (Å²) in [5.74, 6) is 0.725. The Morgan fingerprint density at radius 3 is 2.10 bits per heavy atom. The quantitative estimate of drug-likeness (QED) is 0.278. The fraction of sp³-hybridized carbons (Fsp3) is 0.188. The topological polar surface area (TPSA) is 109 Å². The average Bonchev–Trinajstić information content (AvgIpc) is 3.23. The fourth-order valence-electron chi connectivity index (χ4n) is 4.92. The first kappa shape index (κ1) is 26.4. The lowest BCUT2D eigenvalue weighted by atomic mass is 9.85. The number of nitriles is 1. The monoisotopic (exact) mass is 529 g/mol. The van der Waals surface area contributed by atoms with Gasteiger partial charge in [-0.05, 0) is 65.2 Å². The van der Waals surface area contributed by atoms with Crippen molar-refractivity contribution < 1.29 is 14.3 Å². The molecule has 5 rings (SSSR count). The van der Waals surface area contributed by atoms with Crippen molar-refractivity contribution in [2.45, 2.75) is 31.3 Å². The number of amides is 1. The lowest BCUT2D eigenvalue weighted by Crippen LogP contribution is -2.45. The highest BCUT2D eigenvalue weighted by atomic mass is 16.5. The maximum atomic E-state index is 14.4. The molecule has 0 radical (unpaired) electrons. The molecule has 2 aromatic heterocycles. The number of benzene rings is 2. The molecule has 0 spiro atoms. The summed E-state index contributed by atoms with van der Waals surface area (Å²) in [5.41, 5.74) is 2.47. The minimum Gasteiger partial charge on any atom is -0.497 e. The molecule has 0 saturated carbocycles. The number of carbonyl (C=O) groups is 2. The number of pyridine rings is 2. The van der Waals surface area contributed by atoms with E-state index in [1.165, 1.54) is 0 Å². The first-order valence-electron chi connectivity index (χ1n) is 12.8. The summed E-state index contributed by atoms with van der Waals surface area (Å²) in [6, 6.07) is 23.6. The molecule has 3 heterocycles. The van der Waals surface area contributed by atoms with E-state index in [4.69, 9.17) is 15.0 Å². The van der Waals surface area contributed by atoms with E-state index >= 15 is 0 Å². The standard InChI is InChI=1S/C32H27N5O3/c1-40-28-4-2-3-26(17-28)22-37-30(18-29(38)27-7-5-25(21-33)6-8-27)36-32(31(37)39,19-23-9-13-34-14-10-23)20-24-11-15-35-16-12-24/h2-17H,18-20,22H2,1H3. The summed E-state index contributed by atoms with van der Waals surface area (Å²) in [5, 5.41) is 9.12. The minimum absolute atomic E-state index is 0.0595. The summed E-state index contributed by atoms with van der Waals surface area (Å²) < 4.78 is 5.39. The van der Waals surface area contributed by atoms with Crippen molar-refractivity contribution in [3.8, 4) is 11.8 Å². The van der Waals surface area contributed by atoms with Crippen molar-refractivity contribution in [2.24, 2.45) is 4.99 Å². The molecule has 1 amide bonds. The van der Waals surface area contributed by atoms with Crippen LogP contribution in [0.25, 0.3) is 0 Å². The van der Waals surface area contributed by atoms with Crippen LogP contribution in [0, 0.1) is 11.3 Å². The van der Waals surface area contributed by atoms with Gasteiger partial charge in [0.25, 0.3) is 5.91 Å². The van der Waals surface area contributed by atoms with Gasteiger partial charge in [-0.3, -0.25) is 29.4 Å². The van der Waals surface area contributed by atoms with E-state index in [1.807, 2.05) is 48.5 Å². The largest absolute Gasteiger partial charge is 0.497 e. The number of rotatable bonds is 10. The third-order valence-electron chi connectivity index (χ3n) is 6.92. The third-order valence-corrected chi connectivity index (χ3v) is 6.92. The highest BCUT2D eigenvalue weighted by molar-refractivity contribution is 6.17. The number of ketones is 1. The van der Waals surface area contributed by atoms with Gasteiger partial charge in [-0.2, -0.15) is 5.26 Å². The summed E-state index contributed by atoms with van der Waals surface area (Å²) in [6.45, 7) is 0.240. The molecule has 0 fully saturated rings. The number of aromatic nitrogens is 2. The second-order valence-electron chi connectivity index (χ2n) is 9.66. The predicted molar refractivity (Wildman–Crippen MR) is 150 cm³/mol. The van der Waals surface area contributed by atoms with Gasteiger partial charge < -0.3 is 4.74 Å². The lowest BCUT2D eigenvalue weighted by molar-refractivity contribution is -0.131. The molecule has 0 aliphatic carbocycles. The molecule has 8 heteroatoms. The van der Waals surface area contributed by atoms with Gasteiger partial charge >= 0.3 is 0 Å². The Morgan fingerprint density at radius 1 is 0.900 bits per heavy atom. The normalized spacial score (nSPS) is 13.9. The van der Waals surface area contributed by atoms with Crippen LogP contribution in [0.5, 0.6) is 5.75 Å². The van der Waals surface area contributed by atoms with Crippen molar-refractivity contribution in [3.63, 3.8) is 0 Å². The smallest absolute Gasteiger partial charge is 0.256 e. The molecule has 2 aromatic carbocycles. The number of nitrogens with zero attached hydrogens (tertiary/aromatic N) is 5. The van der Waals surface area contributed by atoms with Gasteiger partial charge in [-0.25, -0.2) is 0 Å². The zero-order valence-corrected chi connectivity index (χ0v) is 22.0. The van der Waals surface area contributed by atoms with E-state index in [9.17, 15) is 9.59 Å². The van der Waals surface area contributed by atoms with E-state index in [2.05, 4.69) is 16.0 Å². The molecule has 0 bridgehead atoms. The number of hydrogen-bond donors (Lipinski definition) is 0. The van der Waals surface area contributed by atoms with Crippen LogP contribution in [0.1, 0.15) is 39.0 Å². The first-order chi connectivity index (χ1) is 19.5. The maximum absolute atomic E-state index is 14.4. The number of aliphatic imine (C=N–C) groups is 1. The van der Waals surface area contributed by atoms with E-state index < -0.39 is 5.54 Å². The van der Waals surface area contributed by atoms with E-state index in [0.717, 1.165) is 16.7 Å². The first-order valence-corrected chi connectivity index (χ1v) is 12.8. The average molecular weight is 530 g/mol. The van der Waals surface area contributed by atoms with Crippen LogP contribution in [0.3, 0.4) is 0 Å². The Bertz CT molecular complexity index is 1540. The highest BCUT2D eigenvalue weighted by Crippen LogP contribution is 2.33. The molecule has 4 aromatic rings. The second kappa shape index (κ2) is 11.7. The van der Waals surface area contributed by atoms with E-state index in [1.54, 1.807) is 61.1 Å². The molecular formula is C32H27N5O3. The van der Waals surface area contributed by atoms with Crippen LogP contribution in [0.15, 0.2) is 103 Å². The Balaban J connectivity index is 1.55. The van der Waals surface area contributed by atoms with Crippen LogP contribution in [-0.4, -0.2) is 45.0 Å². The molecule has 40 heavy (non-hydrogen) atoms. The van der Waals surface area contributed by atoms with Crippen LogP contribution >= 0.6 is 0 Å². The second-order valence-corrected chi connectivity index (χ2v) is 9.66. The number of hydrogen-bond acceptors (Lipinski definition) is 7. The Labute approximate surface area is 232 Å². The van der Waals surface area contributed by atoms with Gasteiger partial charge in [0.05, 0.1) is 31.7 Å². The molecule has 198 valence electrons. The fourth-order valence-corrected chi connectivity index (χ4v) is 4.92. The molecule has 0 unspecified atom stereocenters. The molecule has 1 aliphatic rings. The predicted octanol–water partition coefficient (Wildman–Crippen LogP) is 4.59. The Hall–Kier alpha value is -5.16. The van der Waals surface area contributed by atoms with E-state index in [-0.39, 0.29) is 24.7 Å². The molecule has 0 N–H and O–H groups in total. The SMILES string of the molecule is COc1cccc(CN2C(=O)C(Cc3ccncc3)(Cc3ccncc3)N=C2CC(=O)c2ccc(C#N)cc2)c1. The van der Waals surface area contributed by atoms with Crippen LogP contribution < -0.4 is 4.74 Å². The zero-order valence-electron chi connectivity index (χ0n) is 22.0. The van der Waals surface area contributed by atoms with Crippen molar-refractivity contribution in [1.82, 2.24) is 14.9 Å². The molecule has 1 aliphatic heterocycles. The number of ether oxygens (including phenoxy) is 1. The van der Waals surface area contributed by atoms with Gasteiger partial charge in [0.15, 0.2) is 5.78 Å². The van der Waals surface area contributed by atoms with E-state index in [0.29, 0.717) is 35.6 Å².